The molecule has 0 amide bonds. The van der Waals surface area contributed by atoms with Crippen LogP contribution < -0.4 is 0 Å². The highest BCUT2D eigenvalue weighted by molar-refractivity contribution is 6.00. The number of halogens is 1. The maximum atomic E-state index is 13.9. The van der Waals surface area contributed by atoms with Crippen LogP contribution in [0.4, 0.5) is 4.39 Å². The van der Waals surface area contributed by atoms with Gasteiger partial charge in [-0.3, -0.25) is 4.79 Å². The maximum Gasteiger partial charge on any atom is 0.160 e. The van der Waals surface area contributed by atoms with Crippen LogP contribution in [-0.4, -0.2) is 5.78 Å². The third-order valence-corrected chi connectivity index (χ3v) is 2.72. The highest BCUT2D eigenvalue weighted by Gasteiger charge is 2.11. The Bertz CT molecular complexity index is 573. The lowest BCUT2D eigenvalue weighted by Crippen LogP contribution is -1.97. The number of carbonyl (C=O) groups excluding carboxylic acids is 1. The molecule has 0 unspecified atom stereocenters. The summed E-state index contributed by atoms with van der Waals surface area (Å²) < 4.78 is 13.9. The van der Waals surface area contributed by atoms with Crippen LogP contribution in [-0.2, 0) is 0 Å². The third-order valence-electron chi connectivity index (χ3n) is 2.72. The number of carbonyl (C=O) groups is 1. The van der Waals surface area contributed by atoms with Crippen molar-refractivity contribution < 1.29 is 9.18 Å². The zero-order valence-corrected chi connectivity index (χ0v) is 9.83. The fourth-order valence-electron chi connectivity index (χ4n) is 1.86. The van der Waals surface area contributed by atoms with Gasteiger partial charge in [0, 0.05) is 11.1 Å². The van der Waals surface area contributed by atoms with Gasteiger partial charge >= 0.3 is 0 Å². The summed E-state index contributed by atoms with van der Waals surface area (Å²) in [5, 5.41) is 0. The second-order valence-corrected chi connectivity index (χ2v) is 4.09. The Morgan fingerprint density at radius 1 is 1.06 bits per heavy atom. The van der Waals surface area contributed by atoms with Crippen molar-refractivity contribution in [3.05, 3.63) is 59.4 Å². The molecular formula is C15H13FO. The summed E-state index contributed by atoms with van der Waals surface area (Å²) >= 11 is 0. The predicted octanol–water partition coefficient (Wildman–Crippen LogP) is 4.00. The van der Waals surface area contributed by atoms with Gasteiger partial charge in [-0.2, -0.15) is 0 Å². The van der Waals surface area contributed by atoms with E-state index in [1.807, 2.05) is 13.0 Å². The van der Waals surface area contributed by atoms with E-state index in [1.54, 1.807) is 30.3 Å². The van der Waals surface area contributed by atoms with Crippen LogP contribution in [0.3, 0.4) is 0 Å². The first-order chi connectivity index (χ1) is 8.09. The number of hydrogen-bond acceptors (Lipinski definition) is 1. The normalized spacial score (nSPS) is 10.3. The SMILES string of the molecule is CC(=O)c1ccccc1-c1ccc(C)cc1F. The van der Waals surface area contributed by atoms with Gasteiger partial charge in [-0.15, -0.1) is 0 Å². The van der Waals surface area contributed by atoms with Gasteiger partial charge in [0.2, 0.25) is 0 Å². The van der Waals surface area contributed by atoms with E-state index in [4.69, 9.17) is 0 Å². The Morgan fingerprint density at radius 3 is 2.41 bits per heavy atom. The van der Waals surface area contributed by atoms with Crippen LogP contribution in [0.25, 0.3) is 11.1 Å². The van der Waals surface area contributed by atoms with Crippen molar-refractivity contribution in [1.82, 2.24) is 0 Å². The monoisotopic (exact) mass is 228 g/mol. The Morgan fingerprint density at radius 2 is 1.76 bits per heavy atom. The number of Topliss-reactive ketones (excluding diaryl/α,β-unsaturated/α-hetero) is 1. The fourth-order valence-corrected chi connectivity index (χ4v) is 1.86. The molecule has 0 spiro atoms. The molecule has 0 N–H and O–H groups in total. The molecular weight excluding hydrogens is 215 g/mol. The molecule has 86 valence electrons. The first-order valence-corrected chi connectivity index (χ1v) is 5.46. The molecule has 0 saturated carbocycles. The van der Waals surface area contributed by atoms with E-state index in [1.165, 1.54) is 13.0 Å². The van der Waals surface area contributed by atoms with E-state index in [0.29, 0.717) is 16.7 Å². The zero-order chi connectivity index (χ0) is 12.4. The topological polar surface area (TPSA) is 17.1 Å². The third kappa shape index (κ3) is 2.26. The van der Waals surface area contributed by atoms with E-state index < -0.39 is 0 Å². The Hall–Kier alpha value is -1.96. The fraction of sp³-hybridized carbons (Fsp3) is 0.133. The van der Waals surface area contributed by atoms with Crippen molar-refractivity contribution >= 4 is 5.78 Å². The van der Waals surface area contributed by atoms with Gasteiger partial charge in [-0.25, -0.2) is 4.39 Å². The average molecular weight is 228 g/mol. The van der Waals surface area contributed by atoms with Crippen molar-refractivity contribution in [2.24, 2.45) is 0 Å². The zero-order valence-electron chi connectivity index (χ0n) is 9.83. The molecule has 0 radical (unpaired) electrons. The molecule has 2 aromatic carbocycles. The Balaban J connectivity index is 2.64. The van der Waals surface area contributed by atoms with Crippen molar-refractivity contribution in [2.75, 3.05) is 0 Å². The molecule has 0 fully saturated rings. The Kier molecular flexibility index (Phi) is 3.05. The maximum absolute atomic E-state index is 13.9. The highest BCUT2D eigenvalue weighted by atomic mass is 19.1. The van der Waals surface area contributed by atoms with E-state index in [9.17, 15) is 9.18 Å². The largest absolute Gasteiger partial charge is 0.294 e. The van der Waals surface area contributed by atoms with Crippen LogP contribution in [0, 0.1) is 12.7 Å². The molecule has 1 nitrogen and oxygen atoms in total. The van der Waals surface area contributed by atoms with Crippen molar-refractivity contribution in [3.8, 4) is 11.1 Å². The van der Waals surface area contributed by atoms with Gasteiger partial charge in [-0.1, -0.05) is 36.4 Å². The summed E-state index contributed by atoms with van der Waals surface area (Å²) in [6.07, 6.45) is 0. The smallest absolute Gasteiger partial charge is 0.160 e. The lowest BCUT2D eigenvalue weighted by atomic mass is 9.96. The molecule has 2 heteroatoms. The molecule has 0 aromatic heterocycles. The van der Waals surface area contributed by atoms with Gasteiger partial charge in [0.15, 0.2) is 5.78 Å². The number of hydrogen-bond donors (Lipinski definition) is 0. The van der Waals surface area contributed by atoms with Gasteiger partial charge < -0.3 is 0 Å². The van der Waals surface area contributed by atoms with Gasteiger partial charge in [-0.05, 0) is 31.0 Å². The molecule has 0 aliphatic carbocycles. The predicted molar refractivity (Wildman–Crippen MR) is 66.6 cm³/mol. The minimum absolute atomic E-state index is 0.0550. The molecule has 2 rings (SSSR count). The molecule has 0 atom stereocenters. The molecule has 0 heterocycles. The summed E-state index contributed by atoms with van der Waals surface area (Å²) in [6, 6.07) is 12.1. The molecule has 2 aromatic rings. The molecule has 0 saturated heterocycles. The van der Waals surface area contributed by atoms with E-state index >= 15 is 0 Å². The minimum atomic E-state index is -0.293. The van der Waals surface area contributed by atoms with Crippen LogP contribution in [0.1, 0.15) is 22.8 Å². The minimum Gasteiger partial charge on any atom is -0.294 e. The van der Waals surface area contributed by atoms with Crippen molar-refractivity contribution in [2.45, 2.75) is 13.8 Å². The van der Waals surface area contributed by atoms with Crippen molar-refractivity contribution in [3.63, 3.8) is 0 Å². The van der Waals surface area contributed by atoms with E-state index in [0.717, 1.165) is 5.56 Å². The first kappa shape index (κ1) is 11.5. The molecule has 0 bridgehead atoms. The second kappa shape index (κ2) is 4.50. The van der Waals surface area contributed by atoms with Gasteiger partial charge in [0.05, 0.1) is 0 Å². The van der Waals surface area contributed by atoms with Crippen molar-refractivity contribution in [1.29, 1.82) is 0 Å². The molecule has 0 aliphatic rings. The first-order valence-electron chi connectivity index (χ1n) is 5.46. The molecule has 0 aliphatic heterocycles. The highest BCUT2D eigenvalue weighted by Crippen LogP contribution is 2.27. The summed E-state index contributed by atoms with van der Waals surface area (Å²) in [5.74, 6) is -0.348. The van der Waals surface area contributed by atoms with Crippen LogP contribution >= 0.6 is 0 Å². The van der Waals surface area contributed by atoms with E-state index in [-0.39, 0.29) is 11.6 Å². The number of rotatable bonds is 2. The van der Waals surface area contributed by atoms with Crippen LogP contribution in [0.15, 0.2) is 42.5 Å². The average Bonchev–Trinajstić information content (AvgIpc) is 2.29. The lowest BCUT2D eigenvalue weighted by molar-refractivity contribution is 0.101. The number of benzene rings is 2. The van der Waals surface area contributed by atoms with Gasteiger partial charge in [0.1, 0.15) is 5.82 Å². The quantitative estimate of drug-likeness (QED) is 0.710. The summed E-state index contributed by atoms with van der Waals surface area (Å²) in [7, 11) is 0. The Labute approximate surface area is 99.9 Å². The van der Waals surface area contributed by atoms with Crippen LogP contribution in [0.5, 0.6) is 0 Å². The summed E-state index contributed by atoms with van der Waals surface area (Å²) in [5.41, 5.74) is 2.54. The summed E-state index contributed by atoms with van der Waals surface area (Å²) in [6.45, 7) is 3.33. The second-order valence-electron chi connectivity index (χ2n) is 4.09. The standard InChI is InChI=1S/C15H13FO/c1-10-7-8-14(15(16)9-10)13-6-4-3-5-12(13)11(2)17/h3-9H,1-2H3. The number of aryl methyl sites for hydroxylation is 1. The van der Waals surface area contributed by atoms with Crippen LogP contribution in [0.2, 0.25) is 0 Å². The lowest BCUT2D eigenvalue weighted by Gasteiger charge is -2.08. The summed E-state index contributed by atoms with van der Waals surface area (Å²) in [4.78, 5) is 11.5. The molecule has 17 heavy (non-hydrogen) atoms. The van der Waals surface area contributed by atoms with Gasteiger partial charge in [0.25, 0.3) is 0 Å². The van der Waals surface area contributed by atoms with E-state index in [2.05, 4.69) is 0 Å². The number of ketones is 1.